The van der Waals surface area contributed by atoms with E-state index < -0.39 is 11.9 Å². The Morgan fingerprint density at radius 1 is 1.04 bits per heavy atom. The minimum Gasteiger partial charge on any atom is -0.481 e. The van der Waals surface area contributed by atoms with Gasteiger partial charge in [0.15, 0.2) is 6.10 Å². The summed E-state index contributed by atoms with van der Waals surface area (Å²) in [5.74, 6) is -0.517. The summed E-state index contributed by atoms with van der Waals surface area (Å²) in [4.78, 5) is 12.5. The van der Waals surface area contributed by atoms with Gasteiger partial charge in [-0.3, -0.25) is 4.79 Å². The summed E-state index contributed by atoms with van der Waals surface area (Å²) in [6, 6.07) is 21.3. The lowest BCUT2D eigenvalue weighted by molar-refractivity contribution is -0.122. The van der Waals surface area contributed by atoms with Gasteiger partial charge in [0, 0.05) is 17.3 Å². The van der Waals surface area contributed by atoms with E-state index >= 15 is 0 Å². The van der Waals surface area contributed by atoms with Crippen LogP contribution in [-0.2, 0) is 4.79 Å². The van der Waals surface area contributed by atoms with Crippen LogP contribution < -0.4 is 10.1 Å². The molecule has 0 saturated heterocycles. The summed E-state index contributed by atoms with van der Waals surface area (Å²) >= 11 is 5.74. The van der Waals surface area contributed by atoms with E-state index in [1.807, 2.05) is 54.6 Å². The van der Waals surface area contributed by atoms with E-state index in [9.17, 15) is 9.18 Å². The molecule has 0 unspecified atom stereocenters. The van der Waals surface area contributed by atoms with Crippen molar-refractivity contribution in [3.05, 3.63) is 83.6 Å². The number of hydrogen-bond acceptors (Lipinski definition) is 2. The average molecular weight is 370 g/mol. The molecule has 0 aliphatic heterocycles. The number of rotatable bonds is 5. The molecule has 3 aromatic rings. The molecule has 0 aromatic heterocycles. The molecule has 132 valence electrons. The molecule has 1 atom stereocenters. The van der Waals surface area contributed by atoms with Gasteiger partial charge in [-0.2, -0.15) is 0 Å². The zero-order valence-corrected chi connectivity index (χ0v) is 14.8. The molecule has 0 saturated carbocycles. The number of carbonyl (C=O) groups is 1. The van der Waals surface area contributed by atoms with Gasteiger partial charge < -0.3 is 10.1 Å². The molecule has 3 aromatic carbocycles. The summed E-state index contributed by atoms with van der Waals surface area (Å²) in [5.41, 5.74) is 2.61. The fourth-order valence-corrected chi connectivity index (χ4v) is 2.67. The molecule has 0 aliphatic rings. The lowest BCUT2D eigenvalue weighted by atomic mass is 10.0. The van der Waals surface area contributed by atoms with Crippen LogP contribution in [0.2, 0.25) is 5.02 Å². The number of halogens is 2. The third kappa shape index (κ3) is 4.21. The first-order valence-electron chi connectivity index (χ1n) is 8.11. The third-order valence-electron chi connectivity index (χ3n) is 3.84. The molecule has 0 aliphatic carbocycles. The molecule has 5 heteroatoms. The van der Waals surface area contributed by atoms with Crippen LogP contribution in [0.25, 0.3) is 11.1 Å². The van der Waals surface area contributed by atoms with E-state index in [4.69, 9.17) is 16.3 Å². The Morgan fingerprint density at radius 3 is 2.46 bits per heavy atom. The van der Waals surface area contributed by atoms with Crippen LogP contribution in [0.15, 0.2) is 72.8 Å². The maximum Gasteiger partial charge on any atom is 0.265 e. The van der Waals surface area contributed by atoms with E-state index in [1.165, 1.54) is 18.2 Å². The van der Waals surface area contributed by atoms with Crippen molar-refractivity contribution in [1.29, 1.82) is 0 Å². The molecule has 3 nitrogen and oxygen atoms in total. The van der Waals surface area contributed by atoms with Crippen molar-refractivity contribution in [2.75, 3.05) is 5.32 Å². The van der Waals surface area contributed by atoms with Crippen molar-refractivity contribution >= 4 is 23.2 Å². The third-order valence-corrected chi connectivity index (χ3v) is 4.13. The first-order chi connectivity index (χ1) is 12.5. The van der Waals surface area contributed by atoms with E-state index in [1.54, 1.807) is 6.92 Å². The Balaban J connectivity index is 1.74. The van der Waals surface area contributed by atoms with Crippen LogP contribution in [0, 0.1) is 5.82 Å². The van der Waals surface area contributed by atoms with Gasteiger partial charge in [-0.25, -0.2) is 4.39 Å². The lowest BCUT2D eigenvalue weighted by Crippen LogP contribution is -2.30. The first-order valence-corrected chi connectivity index (χ1v) is 8.49. The number of para-hydroxylation sites is 1. The van der Waals surface area contributed by atoms with Gasteiger partial charge in [0.1, 0.15) is 11.6 Å². The zero-order chi connectivity index (χ0) is 18.5. The highest BCUT2D eigenvalue weighted by atomic mass is 35.5. The second-order valence-corrected chi connectivity index (χ2v) is 6.14. The van der Waals surface area contributed by atoms with E-state index in [0.717, 1.165) is 11.1 Å². The molecular formula is C21H17ClFNO2. The summed E-state index contributed by atoms with van der Waals surface area (Å²) < 4.78 is 18.8. The fourth-order valence-electron chi connectivity index (χ4n) is 2.50. The van der Waals surface area contributed by atoms with Crippen LogP contribution in [0.1, 0.15) is 6.92 Å². The number of carbonyl (C=O) groups excluding carboxylic acids is 1. The predicted molar refractivity (Wildman–Crippen MR) is 102 cm³/mol. The van der Waals surface area contributed by atoms with E-state index in [0.29, 0.717) is 11.4 Å². The Hall–Kier alpha value is -2.85. The number of hydrogen-bond donors (Lipinski definition) is 1. The minimum absolute atomic E-state index is 0.0514. The molecule has 1 N–H and O–H groups in total. The van der Waals surface area contributed by atoms with Gasteiger partial charge >= 0.3 is 0 Å². The van der Waals surface area contributed by atoms with Gasteiger partial charge in [-0.05, 0) is 30.7 Å². The molecule has 0 radical (unpaired) electrons. The second kappa shape index (κ2) is 8.02. The number of nitrogens with one attached hydrogen (secondary N) is 1. The van der Waals surface area contributed by atoms with Crippen LogP contribution in [-0.4, -0.2) is 12.0 Å². The van der Waals surface area contributed by atoms with Crippen molar-refractivity contribution in [3.63, 3.8) is 0 Å². The van der Waals surface area contributed by atoms with Crippen molar-refractivity contribution in [1.82, 2.24) is 0 Å². The van der Waals surface area contributed by atoms with Gasteiger partial charge in [-0.15, -0.1) is 0 Å². The van der Waals surface area contributed by atoms with E-state index in [2.05, 4.69) is 5.32 Å². The Morgan fingerprint density at radius 2 is 1.73 bits per heavy atom. The summed E-state index contributed by atoms with van der Waals surface area (Å²) in [6.07, 6.45) is -0.777. The fraction of sp³-hybridized carbons (Fsp3) is 0.0952. The summed E-state index contributed by atoms with van der Waals surface area (Å²) in [7, 11) is 0. The standard InChI is InChI=1S/C21H17ClFNO2/c1-14(26-16-11-12-19(23)18(22)13-16)21(25)24-20-10-6-5-9-17(20)15-7-3-2-4-8-15/h2-14H,1H3,(H,24,25)/t14-/m0/s1. The minimum atomic E-state index is -0.777. The summed E-state index contributed by atoms with van der Waals surface area (Å²) in [6.45, 7) is 1.62. The number of benzene rings is 3. The molecule has 0 fully saturated rings. The van der Waals surface area contributed by atoms with Crippen molar-refractivity contribution < 1.29 is 13.9 Å². The molecule has 3 rings (SSSR count). The Kier molecular flexibility index (Phi) is 5.54. The van der Waals surface area contributed by atoms with Crippen LogP contribution in [0.4, 0.5) is 10.1 Å². The van der Waals surface area contributed by atoms with E-state index in [-0.39, 0.29) is 10.9 Å². The maximum atomic E-state index is 13.2. The average Bonchev–Trinajstić information content (AvgIpc) is 2.66. The molecular weight excluding hydrogens is 353 g/mol. The number of amides is 1. The van der Waals surface area contributed by atoms with Gasteiger partial charge in [0.25, 0.3) is 5.91 Å². The first kappa shape index (κ1) is 18.0. The number of anilines is 1. The van der Waals surface area contributed by atoms with Gasteiger partial charge in [0.2, 0.25) is 0 Å². The van der Waals surface area contributed by atoms with Gasteiger partial charge in [0.05, 0.1) is 5.02 Å². The largest absolute Gasteiger partial charge is 0.481 e. The Bertz CT molecular complexity index is 915. The zero-order valence-electron chi connectivity index (χ0n) is 14.1. The highest BCUT2D eigenvalue weighted by Crippen LogP contribution is 2.28. The predicted octanol–water partition coefficient (Wildman–Crippen LogP) is 5.55. The highest BCUT2D eigenvalue weighted by molar-refractivity contribution is 6.30. The lowest BCUT2D eigenvalue weighted by Gasteiger charge is -2.17. The second-order valence-electron chi connectivity index (χ2n) is 5.74. The molecule has 0 spiro atoms. The molecule has 0 heterocycles. The smallest absolute Gasteiger partial charge is 0.265 e. The quantitative estimate of drug-likeness (QED) is 0.640. The van der Waals surface area contributed by atoms with Crippen LogP contribution >= 0.6 is 11.6 Å². The topological polar surface area (TPSA) is 38.3 Å². The maximum absolute atomic E-state index is 13.2. The highest BCUT2D eigenvalue weighted by Gasteiger charge is 2.17. The molecule has 1 amide bonds. The SMILES string of the molecule is C[C@H](Oc1ccc(F)c(Cl)c1)C(=O)Nc1ccccc1-c1ccccc1. The molecule has 0 bridgehead atoms. The van der Waals surface area contributed by atoms with Crippen molar-refractivity contribution in [2.45, 2.75) is 13.0 Å². The van der Waals surface area contributed by atoms with Crippen molar-refractivity contribution in [2.24, 2.45) is 0 Å². The Labute approximate surface area is 156 Å². The number of ether oxygens (including phenoxy) is 1. The monoisotopic (exact) mass is 369 g/mol. The van der Waals surface area contributed by atoms with Crippen molar-refractivity contribution in [3.8, 4) is 16.9 Å². The normalized spacial score (nSPS) is 11.7. The molecule has 26 heavy (non-hydrogen) atoms. The summed E-state index contributed by atoms with van der Waals surface area (Å²) in [5, 5.41) is 2.83. The van der Waals surface area contributed by atoms with Gasteiger partial charge in [-0.1, -0.05) is 60.1 Å². The van der Waals surface area contributed by atoms with Crippen LogP contribution in [0.5, 0.6) is 5.75 Å². The van der Waals surface area contributed by atoms with Crippen LogP contribution in [0.3, 0.4) is 0 Å².